The van der Waals surface area contributed by atoms with E-state index in [0.717, 1.165) is 11.4 Å². The standard InChI is InChI=1S/C18H17N3O2/c1-21-11-10-19-17(21)16(13-6-3-2-4-7-13)20-18(23)14-8-5-9-15(22)12-14/h2-12,16,22H,1H3,(H,20,23). The summed E-state index contributed by atoms with van der Waals surface area (Å²) in [5.74, 6) is 0.536. The summed E-state index contributed by atoms with van der Waals surface area (Å²) in [5.41, 5.74) is 1.34. The van der Waals surface area contributed by atoms with Crippen LogP contribution in [0.3, 0.4) is 0 Å². The van der Waals surface area contributed by atoms with Gasteiger partial charge in [0.2, 0.25) is 0 Å². The lowest BCUT2D eigenvalue weighted by Gasteiger charge is -2.19. The Bertz CT molecular complexity index is 812. The zero-order valence-corrected chi connectivity index (χ0v) is 12.7. The summed E-state index contributed by atoms with van der Waals surface area (Å²) < 4.78 is 1.88. The Morgan fingerprint density at radius 3 is 2.61 bits per heavy atom. The van der Waals surface area contributed by atoms with Gasteiger partial charge in [-0.3, -0.25) is 4.79 Å². The van der Waals surface area contributed by atoms with E-state index in [1.807, 2.05) is 48.1 Å². The van der Waals surface area contributed by atoms with Crippen molar-refractivity contribution in [2.45, 2.75) is 6.04 Å². The normalized spacial score (nSPS) is 11.9. The predicted octanol–water partition coefficient (Wildman–Crippen LogP) is 2.65. The van der Waals surface area contributed by atoms with Crippen molar-refractivity contribution < 1.29 is 9.90 Å². The Balaban J connectivity index is 1.94. The summed E-state index contributed by atoms with van der Waals surface area (Å²) in [6.45, 7) is 0. The van der Waals surface area contributed by atoms with Crippen LogP contribution in [0.15, 0.2) is 67.0 Å². The van der Waals surface area contributed by atoms with Gasteiger partial charge in [-0.25, -0.2) is 4.98 Å². The molecule has 0 saturated carbocycles. The molecule has 1 heterocycles. The fourth-order valence-electron chi connectivity index (χ4n) is 2.46. The summed E-state index contributed by atoms with van der Waals surface area (Å²) in [6.07, 6.45) is 3.54. The van der Waals surface area contributed by atoms with Crippen LogP contribution in [0.5, 0.6) is 5.75 Å². The number of aromatic nitrogens is 2. The molecular formula is C18H17N3O2. The monoisotopic (exact) mass is 307 g/mol. The molecule has 0 radical (unpaired) electrons. The summed E-state index contributed by atoms with van der Waals surface area (Å²) in [6, 6.07) is 15.6. The fraction of sp³-hybridized carbons (Fsp3) is 0.111. The second-order valence-electron chi connectivity index (χ2n) is 5.26. The van der Waals surface area contributed by atoms with Crippen LogP contribution in [0.25, 0.3) is 0 Å². The van der Waals surface area contributed by atoms with Crippen LogP contribution < -0.4 is 5.32 Å². The maximum absolute atomic E-state index is 12.5. The van der Waals surface area contributed by atoms with E-state index < -0.39 is 0 Å². The number of carbonyl (C=O) groups is 1. The highest BCUT2D eigenvalue weighted by Crippen LogP contribution is 2.21. The topological polar surface area (TPSA) is 67.2 Å². The third-order valence-corrected chi connectivity index (χ3v) is 3.63. The van der Waals surface area contributed by atoms with Crippen LogP contribution in [0.4, 0.5) is 0 Å². The summed E-state index contributed by atoms with van der Waals surface area (Å²) >= 11 is 0. The molecule has 2 aromatic carbocycles. The van der Waals surface area contributed by atoms with Gasteiger partial charge in [-0.05, 0) is 23.8 Å². The van der Waals surface area contributed by atoms with E-state index in [2.05, 4.69) is 10.3 Å². The molecule has 5 nitrogen and oxygen atoms in total. The molecular weight excluding hydrogens is 290 g/mol. The average molecular weight is 307 g/mol. The van der Waals surface area contributed by atoms with E-state index in [0.29, 0.717) is 5.56 Å². The van der Waals surface area contributed by atoms with Crippen molar-refractivity contribution in [1.29, 1.82) is 0 Å². The van der Waals surface area contributed by atoms with Crippen molar-refractivity contribution in [1.82, 2.24) is 14.9 Å². The van der Waals surface area contributed by atoms with Gasteiger partial charge in [0, 0.05) is 25.0 Å². The highest BCUT2D eigenvalue weighted by Gasteiger charge is 2.21. The van der Waals surface area contributed by atoms with E-state index in [-0.39, 0.29) is 17.7 Å². The van der Waals surface area contributed by atoms with Gasteiger partial charge in [0.25, 0.3) is 5.91 Å². The minimum atomic E-state index is -0.369. The minimum Gasteiger partial charge on any atom is -0.508 e. The Labute approximate surface area is 134 Å². The van der Waals surface area contributed by atoms with E-state index in [9.17, 15) is 9.90 Å². The van der Waals surface area contributed by atoms with Crippen molar-refractivity contribution in [3.8, 4) is 5.75 Å². The quantitative estimate of drug-likeness (QED) is 0.778. The van der Waals surface area contributed by atoms with Gasteiger partial charge in [-0.15, -0.1) is 0 Å². The van der Waals surface area contributed by atoms with Crippen molar-refractivity contribution in [2.24, 2.45) is 7.05 Å². The lowest BCUT2D eigenvalue weighted by molar-refractivity contribution is 0.0940. The molecule has 1 unspecified atom stereocenters. The first-order valence-electron chi connectivity index (χ1n) is 7.27. The van der Waals surface area contributed by atoms with Gasteiger partial charge in [0.05, 0.1) is 0 Å². The van der Waals surface area contributed by atoms with Gasteiger partial charge < -0.3 is 15.0 Å². The molecule has 0 bridgehead atoms. The molecule has 1 atom stereocenters. The first kappa shape index (κ1) is 14.8. The molecule has 23 heavy (non-hydrogen) atoms. The first-order chi connectivity index (χ1) is 11.1. The molecule has 0 saturated heterocycles. The van der Waals surface area contributed by atoms with Gasteiger partial charge in [0.1, 0.15) is 17.6 Å². The number of benzene rings is 2. The molecule has 0 spiro atoms. The van der Waals surface area contributed by atoms with E-state index in [4.69, 9.17) is 0 Å². The number of hydrogen-bond donors (Lipinski definition) is 2. The number of aryl methyl sites for hydroxylation is 1. The molecule has 0 fully saturated rings. The van der Waals surface area contributed by atoms with Gasteiger partial charge in [-0.1, -0.05) is 36.4 Å². The smallest absolute Gasteiger partial charge is 0.252 e. The summed E-state index contributed by atoms with van der Waals surface area (Å²) in [7, 11) is 1.89. The Hall–Kier alpha value is -3.08. The number of aromatic hydroxyl groups is 1. The lowest BCUT2D eigenvalue weighted by Crippen LogP contribution is -2.31. The highest BCUT2D eigenvalue weighted by atomic mass is 16.3. The van der Waals surface area contributed by atoms with Crippen LogP contribution in [0.2, 0.25) is 0 Å². The third-order valence-electron chi connectivity index (χ3n) is 3.63. The van der Waals surface area contributed by atoms with Crippen molar-refractivity contribution in [3.05, 3.63) is 83.9 Å². The van der Waals surface area contributed by atoms with Crippen LogP contribution in [-0.4, -0.2) is 20.6 Å². The van der Waals surface area contributed by atoms with Gasteiger partial charge in [0.15, 0.2) is 0 Å². The van der Waals surface area contributed by atoms with Crippen molar-refractivity contribution >= 4 is 5.91 Å². The van der Waals surface area contributed by atoms with Gasteiger partial charge in [-0.2, -0.15) is 0 Å². The van der Waals surface area contributed by atoms with E-state index in [1.54, 1.807) is 18.3 Å². The summed E-state index contributed by atoms with van der Waals surface area (Å²) in [4.78, 5) is 16.9. The number of amides is 1. The van der Waals surface area contributed by atoms with E-state index in [1.165, 1.54) is 12.1 Å². The second kappa shape index (κ2) is 6.36. The molecule has 3 rings (SSSR count). The van der Waals surface area contributed by atoms with Crippen LogP contribution in [-0.2, 0) is 7.05 Å². The van der Waals surface area contributed by atoms with E-state index >= 15 is 0 Å². The van der Waals surface area contributed by atoms with Crippen molar-refractivity contribution in [2.75, 3.05) is 0 Å². The molecule has 1 amide bonds. The number of carbonyl (C=O) groups excluding carboxylic acids is 1. The molecule has 0 aliphatic rings. The number of phenolic OH excluding ortho intramolecular Hbond substituents is 1. The predicted molar refractivity (Wildman–Crippen MR) is 87.1 cm³/mol. The molecule has 1 aromatic heterocycles. The largest absolute Gasteiger partial charge is 0.508 e. The third kappa shape index (κ3) is 3.23. The Morgan fingerprint density at radius 2 is 1.96 bits per heavy atom. The Morgan fingerprint density at radius 1 is 1.17 bits per heavy atom. The Kier molecular flexibility index (Phi) is 4.10. The molecule has 116 valence electrons. The molecule has 2 N–H and O–H groups in total. The molecule has 0 aliphatic heterocycles. The maximum Gasteiger partial charge on any atom is 0.252 e. The van der Waals surface area contributed by atoms with Crippen LogP contribution >= 0.6 is 0 Å². The zero-order chi connectivity index (χ0) is 16.2. The summed E-state index contributed by atoms with van der Waals surface area (Å²) in [5, 5.41) is 12.5. The highest BCUT2D eigenvalue weighted by molar-refractivity contribution is 5.95. The molecule has 5 heteroatoms. The zero-order valence-electron chi connectivity index (χ0n) is 12.7. The fourth-order valence-corrected chi connectivity index (χ4v) is 2.46. The molecule has 3 aromatic rings. The molecule has 0 aliphatic carbocycles. The number of nitrogens with one attached hydrogen (secondary N) is 1. The lowest BCUT2D eigenvalue weighted by atomic mass is 10.1. The van der Waals surface area contributed by atoms with Crippen LogP contribution in [0, 0.1) is 0 Å². The van der Waals surface area contributed by atoms with Crippen molar-refractivity contribution in [3.63, 3.8) is 0 Å². The number of phenols is 1. The number of rotatable bonds is 4. The SMILES string of the molecule is Cn1ccnc1C(NC(=O)c1cccc(O)c1)c1ccccc1. The number of hydrogen-bond acceptors (Lipinski definition) is 3. The number of imidazole rings is 1. The second-order valence-corrected chi connectivity index (χ2v) is 5.26. The van der Waals surface area contributed by atoms with Crippen LogP contribution in [0.1, 0.15) is 27.8 Å². The maximum atomic E-state index is 12.5. The average Bonchev–Trinajstić information content (AvgIpc) is 2.99. The number of nitrogens with zero attached hydrogens (tertiary/aromatic N) is 2. The first-order valence-corrected chi connectivity index (χ1v) is 7.27. The van der Waals surface area contributed by atoms with Gasteiger partial charge >= 0.3 is 0 Å². The minimum absolute atomic E-state index is 0.0610.